The second kappa shape index (κ2) is 10.1. The molecular weight excluding hydrogens is 428 g/mol. The Morgan fingerprint density at radius 3 is 2.53 bits per heavy atom. The van der Waals surface area contributed by atoms with Gasteiger partial charge in [-0.1, -0.05) is 31.4 Å². The van der Waals surface area contributed by atoms with Gasteiger partial charge in [0.05, 0.1) is 10.8 Å². The molecule has 166 valence electrons. The number of benzene rings is 1. The normalized spacial score (nSPS) is 25.5. The summed E-state index contributed by atoms with van der Waals surface area (Å²) in [5, 5.41) is 3.41. The largest absolute Gasteiger partial charge is 0.455 e. The highest BCUT2D eigenvalue weighted by atomic mass is 35.5. The van der Waals surface area contributed by atoms with E-state index in [0.29, 0.717) is 30.3 Å². The second-order valence-electron chi connectivity index (χ2n) is 8.20. The highest BCUT2D eigenvalue weighted by Gasteiger charge is 2.34. The highest BCUT2D eigenvalue weighted by molar-refractivity contribution is 7.89. The maximum Gasteiger partial charge on any atom is 0.310 e. The predicted molar refractivity (Wildman–Crippen MR) is 113 cm³/mol. The molecule has 1 amide bonds. The number of rotatable bonds is 6. The van der Waals surface area contributed by atoms with Gasteiger partial charge in [-0.2, -0.15) is 4.31 Å². The van der Waals surface area contributed by atoms with E-state index in [4.69, 9.17) is 16.3 Å². The average Bonchev–Trinajstić information content (AvgIpc) is 2.74. The van der Waals surface area contributed by atoms with E-state index >= 15 is 0 Å². The summed E-state index contributed by atoms with van der Waals surface area (Å²) in [4.78, 5) is 24.8. The summed E-state index contributed by atoms with van der Waals surface area (Å²) < 4.78 is 32.2. The Bertz CT molecular complexity index is 859. The molecule has 1 heterocycles. The Morgan fingerprint density at radius 2 is 1.83 bits per heavy atom. The quantitative estimate of drug-likeness (QED) is 0.664. The van der Waals surface area contributed by atoms with Gasteiger partial charge in [0.1, 0.15) is 0 Å². The minimum atomic E-state index is -3.71. The number of carbonyl (C=O) groups excluding carboxylic acids is 2. The number of hydrogen-bond donors (Lipinski definition) is 1. The summed E-state index contributed by atoms with van der Waals surface area (Å²) in [6, 6.07) is 6.08. The topological polar surface area (TPSA) is 92.8 Å². The molecule has 2 fully saturated rings. The van der Waals surface area contributed by atoms with E-state index in [0.717, 1.165) is 19.3 Å². The molecule has 7 nitrogen and oxygen atoms in total. The fourth-order valence-electron chi connectivity index (χ4n) is 4.14. The van der Waals surface area contributed by atoms with Crippen LogP contribution in [0.5, 0.6) is 0 Å². The van der Waals surface area contributed by atoms with Crippen molar-refractivity contribution in [3.05, 3.63) is 29.3 Å². The molecule has 0 aromatic heterocycles. The van der Waals surface area contributed by atoms with Crippen LogP contribution < -0.4 is 5.32 Å². The molecule has 1 aromatic carbocycles. The Morgan fingerprint density at radius 1 is 1.13 bits per heavy atom. The highest BCUT2D eigenvalue weighted by Crippen LogP contribution is 2.26. The molecule has 1 aromatic rings. The average molecular weight is 457 g/mol. The van der Waals surface area contributed by atoms with Crippen LogP contribution in [0, 0.1) is 11.8 Å². The zero-order valence-corrected chi connectivity index (χ0v) is 18.8. The van der Waals surface area contributed by atoms with Crippen LogP contribution in [0.3, 0.4) is 0 Å². The van der Waals surface area contributed by atoms with Crippen LogP contribution in [0.1, 0.15) is 45.4 Å². The fraction of sp³-hybridized carbons (Fsp3) is 0.619. The lowest BCUT2D eigenvalue weighted by atomic mass is 9.86. The first-order chi connectivity index (χ1) is 14.3. The van der Waals surface area contributed by atoms with Crippen molar-refractivity contribution in [2.45, 2.75) is 56.4 Å². The Hall–Kier alpha value is -1.64. The lowest BCUT2D eigenvalue weighted by Crippen LogP contribution is -2.45. The summed E-state index contributed by atoms with van der Waals surface area (Å²) in [6.45, 7) is 2.18. The number of ether oxygens (including phenoxy) is 1. The summed E-state index contributed by atoms with van der Waals surface area (Å²) in [5.41, 5.74) is 0. The molecule has 1 saturated carbocycles. The standard InChI is InChI=1S/C21H29ClN2O5S/c1-15-5-2-3-7-19(15)23-20(25)14-29-21(26)16-6-4-12-24(13-16)30(27,28)18-10-8-17(22)9-11-18/h8-11,15-16,19H,2-7,12-14H2,1H3,(H,23,25). The van der Waals surface area contributed by atoms with Crippen molar-refractivity contribution in [3.8, 4) is 0 Å². The van der Waals surface area contributed by atoms with Crippen molar-refractivity contribution < 1.29 is 22.7 Å². The molecule has 1 aliphatic heterocycles. The number of piperidine rings is 1. The van der Waals surface area contributed by atoms with E-state index in [2.05, 4.69) is 12.2 Å². The number of amides is 1. The summed E-state index contributed by atoms with van der Waals surface area (Å²) in [5.74, 6) is -0.994. The van der Waals surface area contributed by atoms with Crippen molar-refractivity contribution in [2.24, 2.45) is 11.8 Å². The predicted octanol–water partition coefficient (Wildman–Crippen LogP) is 2.98. The molecule has 3 unspecified atom stereocenters. The van der Waals surface area contributed by atoms with E-state index in [-0.39, 0.29) is 30.0 Å². The molecule has 1 saturated heterocycles. The molecule has 1 aliphatic carbocycles. The van der Waals surface area contributed by atoms with Gasteiger partial charge in [-0.3, -0.25) is 9.59 Å². The van der Waals surface area contributed by atoms with Gasteiger partial charge in [-0.05, 0) is 55.9 Å². The number of sulfonamides is 1. The molecule has 3 rings (SSSR count). The maximum absolute atomic E-state index is 12.9. The molecule has 9 heteroatoms. The number of hydrogen-bond acceptors (Lipinski definition) is 5. The second-order valence-corrected chi connectivity index (χ2v) is 10.6. The Kier molecular flexibility index (Phi) is 7.76. The molecule has 30 heavy (non-hydrogen) atoms. The first-order valence-corrected chi connectivity index (χ1v) is 12.3. The minimum absolute atomic E-state index is 0.0467. The summed E-state index contributed by atoms with van der Waals surface area (Å²) in [6.07, 6.45) is 5.39. The van der Waals surface area contributed by atoms with Gasteiger partial charge < -0.3 is 10.1 Å². The molecule has 0 spiro atoms. The van der Waals surface area contributed by atoms with Crippen LogP contribution in [-0.2, 0) is 24.3 Å². The molecule has 3 atom stereocenters. The van der Waals surface area contributed by atoms with Crippen LogP contribution in [0.15, 0.2) is 29.2 Å². The van der Waals surface area contributed by atoms with Crippen LogP contribution >= 0.6 is 11.6 Å². The van der Waals surface area contributed by atoms with Gasteiger partial charge in [0.15, 0.2) is 6.61 Å². The van der Waals surface area contributed by atoms with Crippen molar-refractivity contribution in [1.82, 2.24) is 9.62 Å². The van der Waals surface area contributed by atoms with Gasteiger partial charge in [0.25, 0.3) is 5.91 Å². The molecule has 0 bridgehead atoms. The summed E-state index contributed by atoms with van der Waals surface area (Å²) >= 11 is 5.84. The third-order valence-electron chi connectivity index (χ3n) is 5.97. The molecule has 0 radical (unpaired) electrons. The minimum Gasteiger partial charge on any atom is -0.455 e. The maximum atomic E-state index is 12.9. The van der Waals surface area contributed by atoms with Crippen LogP contribution in [-0.4, -0.2) is 50.3 Å². The molecule has 2 aliphatic rings. The zero-order chi connectivity index (χ0) is 21.7. The van der Waals surface area contributed by atoms with Crippen molar-refractivity contribution in [2.75, 3.05) is 19.7 Å². The van der Waals surface area contributed by atoms with Crippen LogP contribution in [0.2, 0.25) is 5.02 Å². The number of nitrogens with one attached hydrogen (secondary N) is 1. The van der Waals surface area contributed by atoms with Gasteiger partial charge >= 0.3 is 5.97 Å². The molecular formula is C21H29ClN2O5S. The fourth-order valence-corrected chi connectivity index (χ4v) is 5.79. The lowest BCUT2D eigenvalue weighted by Gasteiger charge is -2.31. The van der Waals surface area contributed by atoms with E-state index in [1.807, 2.05) is 0 Å². The third kappa shape index (κ3) is 5.74. The van der Waals surface area contributed by atoms with E-state index in [1.165, 1.54) is 35.0 Å². The Balaban J connectivity index is 1.52. The summed E-state index contributed by atoms with van der Waals surface area (Å²) in [7, 11) is -3.71. The van der Waals surface area contributed by atoms with Crippen LogP contribution in [0.25, 0.3) is 0 Å². The number of carbonyl (C=O) groups is 2. The van der Waals surface area contributed by atoms with Gasteiger partial charge in [-0.25, -0.2) is 8.42 Å². The lowest BCUT2D eigenvalue weighted by molar-refractivity contribution is -0.154. The van der Waals surface area contributed by atoms with Gasteiger partial charge in [0, 0.05) is 24.2 Å². The number of nitrogens with zero attached hydrogens (tertiary/aromatic N) is 1. The first-order valence-electron chi connectivity index (χ1n) is 10.5. The van der Waals surface area contributed by atoms with E-state index in [1.54, 1.807) is 0 Å². The monoisotopic (exact) mass is 456 g/mol. The number of halogens is 1. The zero-order valence-electron chi connectivity index (χ0n) is 17.2. The Labute approximate surface area is 183 Å². The van der Waals surface area contributed by atoms with Crippen LogP contribution in [0.4, 0.5) is 0 Å². The third-order valence-corrected chi connectivity index (χ3v) is 8.10. The van der Waals surface area contributed by atoms with Crippen molar-refractivity contribution in [3.63, 3.8) is 0 Å². The van der Waals surface area contributed by atoms with Crippen molar-refractivity contribution in [1.29, 1.82) is 0 Å². The smallest absolute Gasteiger partial charge is 0.310 e. The van der Waals surface area contributed by atoms with E-state index in [9.17, 15) is 18.0 Å². The van der Waals surface area contributed by atoms with Gasteiger partial charge in [-0.15, -0.1) is 0 Å². The van der Waals surface area contributed by atoms with Crippen molar-refractivity contribution >= 4 is 33.5 Å². The SMILES string of the molecule is CC1CCCCC1NC(=O)COC(=O)C1CCCN(S(=O)(=O)c2ccc(Cl)cc2)C1. The molecule has 1 N–H and O–H groups in total. The first kappa shape index (κ1) is 23.0. The van der Waals surface area contributed by atoms with Gasteiger partial charge in [0.2, 0.25) is 10.0 Å². The number of esters is 1. The van der Waals surface area contributed by atoms with E-state index < -0.39 is 21.9 Å².